The second-order valence-electron chi connectivity index (χ2n) is 13.7. The van der Waals surface area contributed by atoms with Gasteiger partial charge in [0.05, 0.1) is 5.69 Å². The first kappa shape index (κ1) is 30.8. The maximum absolute atomic E-state index is 2.42. The van der Waals surface area contributed by atoms with E-state index in [4.69, 9.17) is 0 Å². The molecular formula is C52H35N. The number of para-hydroxylation sites is 1. The van der Waals surface area contributed by atoms with Gasteiger partial charge in [-0.05, 0) is 101 Å². The van der Waals surface area contributed by atoms with Gasteiger partial charge in [-0.3, -0.25) is 0 Å². The van der Waals surface area contributed by atoms with E-state index < -0.39 is 0 Å². The molecule has 0 bridgehead atoms. The van der Waals surface area contributed by atoms with Crippen molar-refractivity contribution in [2.75, 3.05) is 4.90 Å². The largest absolute Gasteiger partial charge is 0.310 e. The van der Waals surface area contributed by atoms with Gasteiger partial charge in [-0.15, -0.1) is 0 Å². The van der Waals surface area contributed by atoms with Crippen LogP contribution < -0.4 is 4.90 Å². The lowest BCUT2D eigenvalue weighted by atomic mass is 9.89. The third kappa shape index (κ3) is 5.34. The SMILES string of the molecule is c1ccc(-c2ccccc2N(c2ccc(-c3ccc4ccccc4c3-c3ccccc3)cc2)c2ccc3c4ccccc4c4ccccc4c3c2)cc1. The number of anilines is 3. The van der Waals surface area contributed by atoms with Crippen molar-refractivity contribution in [2.45, 2.75) is 0 Å². The van der Waals surface area contributed by atoms with E-state index in [2.05, 4.69) is 217 Å². The van der Waals surface area contributed by atoms with E-state index in [1.807, 2.05) is 0 Å². The molecule has 10 rings (SSSR count). The summed E-state index contributed by atoms with van der Waals surface area (Å²) in [6.07, 6.45) is 0. The zero-order valence-corrected chi connectivity index (χ0v) is 29.2. The molecule has 0 heterocycles. The van der Waals surface area contributed by atoms with Gasteiger partial charge in [-0.1, -0.05) is 182 Å². The fourth-order valence-electron chi connectivity index (χ4n) is 8.21. The molecular weight excluding hydrogens is 639 g/mol. The smallest absolute Gasteiger partial charge is 0.0540 e. The molecule has 0 aromatic heterocycles. The molecule has 1 heteroatoms. The molecule has 0 saturated carbocycles. The van der Waals surface area contributed by atoms with Crippen molar-refractivity contribution in [3.63, 3.8) is 0 Å². The molecule has 0 amide bonds. The van der Waals surface area contributed by atoms with E-state index in [9.17, 15) is 0 Å². The molecule has 0 aliphatic rings. The minimum atomic E-state index is 1.10. The number of nitrogens with zero attached hydrogens (tertiary/aromatic N) is 1. The van der Waals surface area contributed by atoms with Crippen LogP contribution in [-0.2, 0) is 0 Å². The van der Waals surface area contributed by atoms with Crippen molar-refractivity contribution in [2.24, 2.45) is 0 Å². The van der Waals surface area contributed by atoms with Gasteiger partial charge in [0.25, 0.3) is 0 Å². The predicted molar refractivity (Wildman–Crippen MR) is 227 cm³/mol. The molecule has 53 heavy (non-hydrogen) atoms. The fourth-order valence-corrected chi connectivity index (χ4v) is 8.21. The topological polar surface area (TPSA) is 3.24 Å². The van der Waals surface area contributed by atoms with Crippen LogP contribution in [0.2, 0.25) is 0 Å². The Hall–Kier alpha value is -6.96. The highest BCUT2D eigenvalue weighted by molar-refractivity contribution is 6.25. The maximum Gasteiger partial charge on any atom is 0.0540 e. The van der Waals surface area contributed by atoms with Crippen LogP contribution in [0.3, 0.4) is 0 Å². The summed E-state index contributed by atoms with van der Waals surface area (Å²) in [5.41, 5.74) is 10.6. The fraction of sp³-hybridized carbons (Fsp3) is 0. The van der Waals surface area contributed by atoms with Crippen molar-refractivity contribution in [3.8, 4) is 33.4 Å². The van der Waals surface area contributed by atoms with Crippen LogP contribution in [0, 0.1) is 0 Å². The Balaban J connectivity index is 1.19. The van der Waals surface area contributed by atoms with Crippen LogP contribution in [0.15, 0.2) is 212 Å². The summed E-state index contributed by atoms with van der Waals surface area (Å²) >= 11 is 0. The molecule has 0 spiro atoms. The second kappa shape index (κ2) is 13.0. The number of hydrogen-bond acceptors (Lipinski definition) is 1. The number of fused-ring (bicyclic) bond motifs is 7. The first-order valence-corrected chi connectivity index (χ1v) is 18.3. The summed E-state index contributed by atoms with van der Waals surface area (Å²) in [6, 6.07) is 77.2. The van der Waals surface area contributed by atoms with Gasteiger partial charge in [0.2, 0.25) is 0 Å². The van der Waals surface area contributed by atoms with E-state index in [1.54, 1.807) is 0 Å². The predicted octanol–water partition coefficient (Wildman–Crippen LogP) is 14.8. The van der Waals surface area contributed by atoms with Crippen LogP contribution in [-0.4, -0.2) is 0 Å². The van der Waals surface area contributed by atoms with Crippen LogP contribution in [0.1, 0.15) is 0 Å². The van der Waals surface area contributed by atoms with Crippen molar-refractivity contribution < 1.29 is 0 Å². The molecule has 0 unspecified atom stereocenters. The monoisotopic (exact) mass is 673 g/mol. The van der Waals surface area contributed by atoms with Crippen molar-refractivity contribution in [1.29, 1.82) is 0 Å². The average Bonchev–Trinajstić information content (AvgIpc) is 3.24. The number of hydrogen-bond donors (Lipinski definition) is 0. The Morgan fingerprint density at radius 1 is 0.264 bits per heavy atom. The van der Waals surface area contributed by atoms with Crippen LogP contribution in [0.5, 0.6) is 0 Å². The molecule has 0 fully saturated rings. The van der Waals surface area contributed by atoms with E-state index in [0.717, 1.165) is 17.1 Å². The molecule has 0 aliphatic heterocycles. The molecule has 0 radical (unpaired) electrons. The highest BCUT2D eigenvalue weighted by Crippen LogP contribution is 2.45. The lowest BCUT2D eigenvalue weighted by molar-refractivity contribution is 1.29. The lowest BCUT2D eigenvalue weighted by Crippen LogP contribution is -2.11. The highest BCUT2D eigenvalue weighted by Gasteiger charge is 2.20. The summed E-state index contributed by atoms with van der Waals surface area (Å²) in [5, 5.41) is 10.1. The Morgan fingerprint density at radius 3 is 1.43 bits per heavy atom. The Kier molecular flexibility index (Phi) is 7.55. The summed E-state index contributed by atoms with van der Waals surface area (Å²) in [4.78, 5) is 2.42. The second-order valence-corrected chi connectivity index (χ2v) is 13.7. The van der Waals surface area contributed by atoms with Crippen LogP contribution >= 0.6 is 0 Å². The molecule has 0 aliphatic carbocycles. The molecule has 10 aromatic rings. The van der Waals surface area contributed by atoms with E-state index in [-0.39, 0.29) is 0 Å². The molecule has 248 valence electrons. The quantitative estimate of drug-likeness (QED) is 0.159. The van der Waals surface area contributed by atoms with Gasteiger partial charge in [0, 0.05) is 16.9 Å². The number of rotatable bonds is 6. The zero-order valence-electron chi connectivity index (χ0n) is 29.2. The third-order valence-corrected chi connectivity index (χ3v) is 10.6. The third-order valence-electron chi connectivity index (χ3n) is 10.6. The maximum atomic E-state index is 2.42. The van der Waals surface area contributed by atoms with E-state index in [0.29, 0.717) is 0 Å². The van der Waals surface area contributed by atoms with Gasteiger partial charge < -0.3 is 4.90 Å². The minimum Gasteiger partial charge on any atom is -0.310 e. The lowest BCUT2D eigenvalue weighted by Gasteiger charge is -2.28. The zero-order chi connectivity index (χ0) is 35.1. The van der Waals surface area contributed by atoms with Gasteiger partial charge in [0.15, 0.2) is 0 Å². The Morgan fingerprint density at radius 2 is 0.755 bits per heavy atom. The molecule has 0 saturated heterocycles. The minimum absolute atomic E-state index is 1.10. The highest BCUT2D eigenvalue weighted by atomic mass is 15.1. The first-order chi connectivity index (χ1) is 26.3. The van der Waals surface area contributed by atoms with Crippen molar-refractivity contribution in [1.82, 2.24) is 0 Å². The van der Waals surface area contributed by atoms with Gasteiger partial charge in [-0.2, -0.15) is 0 Å². The first-order valence-electron chi connectivity index (χ1n) is 18.3. The standard InChI is InChI=1S/C52H35N/c1-3-15-36(16-4-1)42-20-13-14-26-51(42)53(41-32-34-49-47-24-10-9-22-45(47)46-23-11-12-25-48(46)50(49)35-41)40-30-27-38(28-31-40)44-33-29-37-17-7-8-21-43(37)52(44)39-18-5-2-6-19-39/h1-35H. The summed E-state index contributed by atoms with van der Waals surface area (Å²) in [5.74, 6) is 0. The van der Waals surface area contributed by atoms with E-state index in [1.165, 1.54) is 76.5 Å². The molecule has 10 aromatic carbocycles. The Labute approximate surface area is 309 Å². The average molecular weight is 674 g/mol. The molecule has 0 atom stereocenters. The van der Waals surface area contributed by atoms with E-state index >= 15 is 0 Å². The van der Waals surface area contributed by atoms with Gasteiger partial charge in [0.1, 0.15) is 0 Å². The summed E-state index contributed by atoms with van der Waals surface area (Å²) < 4.78 is 0. The summed E-state index contributed by atoms with van der Waals surface area (Å²) in [7, 11) is 0. The summed E-state index contributed by atoms with van der Waals surface area (Å²) in [6.45, 7) is 0. The Bertz CT molecular complexity index is 2890. The van der Waals surface area contributed by atoms with Crippen LogP contribution in [0.4, 0.5) is 17.1 Å². The van der Waals surface area contributed by atoms with Gasteiger partial charge >= 0.3 is 0 Å². The van der Waals surface area contributed by atoms with Crippen molar-refractivity contribution in [3.05, 3.63) is 212 Å². The van der Waals surface area contributed by atoms with Gasteiger partial charge in [-0.25, -0.2) is 0 Å². The van der Waals surface area contributed by atoms with Crippen LogP contribution in [0.25, 0.3) is 76.5 Å². The molecule has 1 nitrogen and oxygen atoms in total. The normalized spacial score (nSPS) is 11.4. The van der Waals surface area contributed by atoms with Crippen molar-refractivity contribution >= 4 is 60.2 Å². The number of benzene rings is 10. The molecule has 0 N–H and O–H groups in total.